The van der Waals surface area contributed by atoms with Gasteiger partial charge in [0.05, 0.1) is 12.2 Å². The van der Waals surface area contributed by atoms with Gasteiger partial charge < -0.3 is 25.4 Å². The molecule has 0 aromatic heterocycles. The Morgan fingerprint density at radius 3 is 1.45 bits per heavy atom. The van der Waals surface area contributed by atoms with Gasteiger partial charge in [0, 0.05) is 13.2 Å². The molecule has 0 aliphatic carbocycles. The smallest absolute Gasteiger partial charge is 0.158 e. The molecule has 0 aromatic carbocycles. The minimum Gasteiger partial charge on any atom is -0.396 e. The van der Waals surface area contributed by atoms with E-state index in [1.165, 1.54) is 77.0 Å². The van der Waals surface area contributed by atoms with Crippen LogP contribution in [0.15, 0.2) is 12.2 Å². The van der Waals surface area contributed by atoms with E-state index >= 15 is 0 Å². The van der Waals surface area contributed by atoms with Crippen LogP contribution < -0.4 is 5.73 Å². The Labute approximate surface area is 205 Å². The molecule has 198 valence electrons. The molecule has 0 aliphatic rings. The number of hydrogen-bond donors (Lipinski definition) is 3. The summed E-state index contributed by atoms with van der Waals surface area (Å²) in [5, 5.41) is 18.5. The SMILES string of the molecule is CCC(CCO)OC(CCCCCCC/C=C\CCCCCCCCN)OC(CC)CCO. The zero-order chi connectivity index (χ0) is 24.4. The van der Waals surface area contributed by atoms with Crippen molar-refractivity contribution in [2.45, 2.75) is 148 Å². The van der Waals surface area contributed by atoms with Gasteiger partial charge >= 0.3 is 0 Å². The molecule has 0 heterocycles. The van der Waals surface area contributed by atoms with E-state index in [9.17, 15) is 10.2 Å². The summed E-state index contributed by atoms with van der Waals surface area (Å²) in [7, 11) is 0. The standard InChI is InChI=1S/C28H57NO4/c1-3-26(21-24-30)32-28(33-27(4-2)22-25-31)20-18-16-14-12-10-8-6-5-7-9-11-13-15-17-19-23-29/h5-6,26-28,30-31H,3-4,7-25,29H2,1-2H3/b6-5-. The normalized spacial score (nSPS) is 14.7. The third-order valence-electron chi connectivity index (χ3n) is 6.30. The molecule has 0 saturated heterocycles. The molecule has 0 spiro atoms. The molecular formula is C28H57NO4. The van der Waals surface area contributed by atoms with Gasteiger partial charge in [0.25, 0.3) is 0 Å². The predicted octanol–water partition coefficient (Wildman–Crippen LogP) is 6.64. The van der Waals surface area contributed by atoms with Crippen molar-refractivity contribution in [1.82, 2.24) is 0 Å². The van der Waals surface area contributed by atoms with E-state index in [0.717, 1.165) is 32.2 Å². The first-order chi connectivity index (χ1) is 16.2. The van der Waals surface area contributed by atoms with Gasteiger partial charge in [-0.2, -0.15) is 0 Å². The second-order valence-electron chi connectivity index (χ2n) is 9.30. The molecule has 0 saturated carbocycles. The van der Waals surface area contributed by atoms with Gasteiger partial charge in [-0.15, -0.1) is 0 Å². The number of hydrogen-bond acceptors (Lipinski definition) is 5. The van der Waals surface area contributed by atoms with Gasteiger partial charge in [0.1, 0.15) is 0 Å². The number of allylic oxidation sites excluding steroid dienone is 2. The van der Waals surface area contributed by atoms with Gasteiger partial charge in [-0.05, 0) is 77.2 Å². The quantitative estimate of drug-likeness (QED) is 0.0747. The van der Waals surface area contributed by atoms with E-state index in [1.54, 1.807) is 0 Å². The lowest BCUT2D eigenvalue weighted by Crippen LogP contribution is -2.30. The zero-order valence-electron chi connectivity index (χ0n) is 22.0. The molecule has 0 rings (SSSR count). The Bertz CT molecular complexity index is 389. The molecule has 0 amide bonds. The van der Waals surface area contributed by atoms with Gasteiger partial charge in [0.2, 0.25) is 0 Å². The van der Waals surface area contributed by atoms with Crippen molar-refractivity contribution in [3.8, 4) is 0 Å². The first kappa shape index (κ1) is 32.5. The van der Waals surface area contributed by atoms with Crippen molar-refractivity contribution < 1.29 is 19.7 Å². The number of nitrogens with two attached hydrogens (primary N) is 1. The summed E-state index contributed by atoms with van der Waals surface area (Å²) in [6.45, 7) is 5.29. The fourth-order valence-electron chi connectivity index (χ4n) is 4.08. The lowest BCUT2D eigenvalue weighted by atomic mass is 10.1. The summed E-state index contributed by atoms with van der Waals surface area (Å²) in [4.78, 5) is 0. The molecule has 0 fully saturated rings. The Kier molecular flexibility index (Phi) is 25.8. The van der Waals surface area contributed by atoms with Gasteiger partial charge in [0.15, 0.2) is 6.29 Å². The van der Waals surface area contributed by atoms with Crippen molar-refractivity contribution in [2.24, 2.45) is 5.73 Å². The minimum atomic E-state index is -0.235. The lowest BCUT2D eigenvalue weighted by Gasteiger charge is -2.28. The molecule has 2 atom stereocenters. The van der Waals surface area contributed by atoms with Crippen LogP contribution in [0.2, 0.25) is 0 Å². The Hall–Kier alpha value is -0.460. The summed E-state index contributed by atoms with van der Waals surface area (Å²) in [5.41, 5.74) is 5.52. The molecule has 0 bridgehead atoms. The molecule has 5 heteroatoms. The van der Waals surface area contributed by atoms with E-state index < -0.39 is 0 Å². The lowest BCUT2D eigenvalue weighted by molar-refractivity contribution is -0.203. The van der Waals surface area contributed by atoms with Crippen LogP contribution in [-0.2, 0) is 9.47 Å². The van der Waals surface area contributed by atoms with Crippen LogP contribution in [0.1, 0.15) is 129 Å². The molecule has 4 N–H and O–H groups in total. The van der Waals surface area contributed by atoms with Crippen LogP contribution >= 0.6 is 0 Å². The highest BCUT2D eigenvalue weighted by Gasteiger charge is 2.19. The van der Waals surface area contributed by atoms with Crippen LogP contribution in [0.3, 0.4) is 0 Å². The topological polar surface area (TPSA) is 84.9 Å². The monoisotopic (exact) mass is 471 g/mol. The minimum absolute atomic E-state index is 0.0366. The number of aliphatic hydroxyl groups is 2. The van der Waals surface area contributed by atoms with Crippen molar-refractivity contribution in [3.63, 3.8) is 0 Å². The fraction of sp³-hybridized carbons (Fsp3) is 0.929. The predicted molar refractivity (Wildman–Crippen MR) is 140 cm³/mol. The fourth-order valence-corrected chi connectivity index (χ4v) is 4.08. The zero-order valence-corrected chi connectivity index (χ0v) is 22.0. The highest BCUT2D eigenvalue weighted by molar-refractivity contribution is 4.81. The molecular weight excluding hydrogens is 414 g/mol. The second-order valence-corrected chi connectivity index (χ2v) is 9.30. The molecule has 0 aliphatic heterocycles. The molecule has 5 nitrogen and oxygen atoms in total. The maximum atomic E-state index is 9.26. The van der Waals surface area contributed by atoms with Gasteiger partial charge in [-0.25, -0.2) is 0 Å². The highest BCUT2D eigenvalue weighted by Crippen LogP contribution is 2.19. The van der Waals surface area contributed by atoms with Crippen LogP contribution in [0.4, 0.5) is 0 Å². The van der Waals surface area contributed by atoms with Gasteiger partial charge in [-0.3, -0.25) is 0 Å². The van der Waals surface area contributed by atoms with E-state index in [4.69, 9.17) is 15.2 Å². The van der Waals surface area contributed by atoms with E-state index in [-0.39, 0.29) is 31.7 Å². The Balaban J connectivity index is 3.88. The number of aliphatic hydroxyl groups excluding tert-OH is 2. The average Bonchev–Trinajstić information content (AvgIpc) is 2.82. The summed E-state index contributed by atoms with van der Waals surface area (Å²) in [6.07, 6.45) is 24.8. The third kappa shape index (κ3) is 21.8. The third-order valence-corrected chi connectivity index (χ3v) is 6.30. The largest absolute Gasteiger partial charge is 0.396 e. The van der Waals surface area contributed by atoms with E-state index in [2.05, 4.69) is 26.0 Å². The Morgan fingerprint density at radius 2 is 1.03 bits per heavy atom. The van der Waals surface area contributed by atoms with Crippen LogP contribution in [0.25, 0.3) is 0 Å². The second kappa shape index (κ2) is 26.2. The number of rotatable bonds is 26. The molecule has 0 radical (unpaired) electrons. The average molecular weight is 472 g/mol. The van der Waals surface area contributed by atoms with Crippen molar-refractivity contribution in [1.29, 1.82) is 0 Å². The van der Waals surface area contributed by atoms with Crippen LogP contribution in [0.5, 0.6) is 0 Å². The van der Waals surface area contributed by atoms with Gasteiger partial charge in [-0.1, -0.05) is 70.9 Å². The van der Waals surface area contributed by atoms with Crippen molar-refractivity contribution in [2.75, 3.05) is 19.8 Å². The molecule has 33 heavy (non-hydrogen) atoms. The van der Waals surface area contributed by atoms with E-state index in [1.807, 2.05) is 0 Å². The van der Waals surface area contributed by atoms with Crippen molar-refractivity contribution >= 4 is 0 Å². The van der Waals surface area contributed by atoms with E-state index in [0.29, 0.717) is 12.8 Å². The van der Waals surface area contributed by atoms with Crippen molar-refractivity contribution in [3.05, 3.63) is 12.2 Å². The number of unbranched alkanes of at least 4 members (excludes halogenated alkanes) is 11. The first-order valence-electron chi connectivity index (χ1n) is 14.1. The summed E-state index contributed by atoms with van der Waals surface area (Å²) in [5.74, 6) is 0. The van der Waals surface area contributed by atoms with Crippen LogP contribution in [-0.4, -0.2) is 48.5 Å². The molecule has 2 unspecified atom stereocenters. The summed E-state index contributed by atoms with van der Waals surface area (Å²) < 4.78 is 12.3. The maximum Gasteiger partial charge on any atom is 0.158 e. The highest BCUT2D eigenvalue weighted by atomic mass is 16.7. The summed E-state index contributed by atoms with van der Waals surface area (Å²) in [6, 6.07) is 0. The maximum absolute atomic E-state index is 9.26. The van der Waals surface area contributed by atoms with Crippen LogP contribution in [0, 0.1) is 0 Å². The Morgan fingerprint density at radius 1 is 0.606 bits per heavy atom. The molecule has 0 aromatic rings. The number of ether oxygens (including phenoxy) is 2. The first-order valence-corrected chi connectivity index (χ1v) is 14.1. The summed E-state index contributed by atoms with van der Waals surface area (Å²) >= 11 is 0.